The van der Waals surface area contributed by atoms with Crippen molar-refractivity contribution in [3.63, 3.8) is 0 Å². The second kappa shape index (κ2) is 30.0. The summed E-state index contributed by atoms with van der Waals surface area (Å²) in [6, 6.07) is -9.23. The van der Waals surface area contributed by atoms with Crippen LogP contribution in [0.15, 0.2) is 0 Å². The number of hydrogen-bond donors (Lipinski definition) is 13. The molecule has 8 amide bonds. The van der Waals surface area contributed by atoms with E-state index in [2.05, 4.69) is 42.5 Å². The first-order chi connectivity index (χ1) is 28.6. The molecule has 0 rings (SSSR count). The van der Waals surface area contributed by atoms with E-state index in [4.69, 9.17) is 11.5 Å². The van der Waals surface area contributed by atoms with Gasteiger partial charge in [-0.1, -0.05) is 27.7 Å². The molecule has 0 aromatic carbocycles. The van der Waals surface area contributed by atoms with Crippen LogP contribution >= 0.6 is 11.8 Å². The van der Waals surface area contributed by atoms with Crippen molar-refractivity contribution in [3.05, 3.63) is 0 Å². The third-order valence-electron chi connectivity index (χ3n) is 8.89. The molecule has 0 radical (unpaired) electrons. The summed E-state index contributed by atoms with van der Waals surface area (Å²) >= 11 is 1.35. The number of aliphatic carboxylic acids is 2. The number of amides is 8. The monoisotopic (exact) mass is 890 g/mol. The predicted octanol–water partition coefficient (Wildman–Crippen LogP) is -4.00. The largest absolute Gasteiger partial charge is 0.481 e. The molecular weight excluding hydrogens is 825 g/mol. The molecule has 0 fully saturated rings. The molecule has 0 aromatic heterocycles. The number of rotatable bonds is 31. The van der Waals surface area contributed by atoms with E-state index in [1.54, 1.807) is 20.1 Å². The number of nitrogens with two attached hydrogens (primary N) is 2. The average molecular weight is 891 g/mol. The number of aliphatic hydroxyl groups is 1. The van der Waals surface area contributed by atoms with E-state index in [-0.39, 0.29) is 38.3 Å². The van der Waals surface area contributed by atoms with Gasteiger partial charge in [0, 0.05) is 6.42 Å². The number of carbonyl (C=O) groups is 10. The molecule has 61 heavy (non-hydrogen) atoms. The number of aliphatic hydroxyl groups excluding tert-OH is 1. The van der Waals surface area contributed by atoms with Gasteiger partial charge in [0.2, 0.25) is 47.3 Å². The summed E-state index contributed by atoms with van der Waals surface area (Å²) in [4.78, 5) is 127. The first kappa shape index (κ1) is 55.9. The molecule has 0 aliphatic carbocycles. The second-order valence-corrected chi connectivity index (χ2v) is 15.9. The minimum atomic E-state index is -1.53. The molecule has 0 bridgehead atoms. The lowest BCUT2D eigenvalue weighted by atomic mass is 10.0. The number of carbonyl (C=O) groups excluding carboxylic acids is 8. The lowest BCUT2D eigenvalue weighted by Gasteiger charge is -2.26. The standard InChI is InChI=1S/C37H66N10O13S/c1-19(2)15-25(42-27(49)16-39)35(57)46-26(18-48)36(58)45-24(12-14-61-6)33(55)41-21(5)31(53)43-22(9-7-8-13-38)34(56)44-23(10-11-29(51)52)32(54)40-17-28(50)47-30(20(3)4)37(59)60/h19-26,30,48H,7-18,38-39H2,1-6H3,(H,40,54)(H,41,55)(H,42,49)(H,43,53)(H,44,56)(H,45,58)(H,46,57)(H,47,50)(H,51,52)(H,59,60)/t21-,22-,23-,24-,25-,26-,30-/m0/s1. The number of unbranched alkanes of at least 4 members (excludes halogenated alkanes) is 1. The minimum absolute atomic E-state index is 0.00545. The molecule has 0 saturated heterocycles. The van der Waals surface area contributed by atoms with Crippen molar-refractivity contribution in [3.8, 4) is 0 Å². The first-order valence-corrected chi connectivity index (χ1v) is 21.3. The molecule has 0 spiro atoms. The third kappa shape index (κ3) is 22.9. The smallest absolute Gasteiger partial charge is 0.326 e. The molecule has 348 valence electrons. The Kier molecular flexibility index (Phi) is 27.5. The maximum absolute atomic E-state index is 13.5. The molecular formula is C37H66N10O13S. The number of carboxylic acid groups (broad SMARTS) is 2. The van der Waals surface area contributed by atoms with Crippen molar-refractivity contribution in [1.82, 2.24) is 42.5 Å². The quantitative estimate of drug-likeness (QED) is 0.0295. The Morgan fingerprint density at radius 2 is 1.11 bits per heavy atom. The Bertz CT molecular complexity index is 1500. The molecule has 0 unspecified atom stereocenters. The van der Waals surface area contributed by atoms with Crippen molar-refractivity contribution in [1.29, 1.82) is 0 Å². The highest BCUT2D eigenvalue weighted by Crippen LogP contribution is 2.09. The summed E-state index contributed by atoms with van der Waals surface area (Å²) in [7, 11) is 0. The zero-order valence-electron chi connectivity index (χ0n) is 35.7. The van der Waals surface area contributed by atoms with E-state index in [9.17, 15) is 63.3 Å². The average Bonchev–Trinajstić information content (AvgIpc) is 3.19. The second-order valence-electron chi connectivity index (χ2n) is 15.0. The van der Waals surface area contributed by atoms with Crippen LogP contribution in [0.4, 0.5) is 0 Å². The SMILES string of the molecule is CSCC[C@H](NC(=O)[C@H](CO)NC(=O)[C@H](CC(C)C)NC(=O)CN)C(=O)N[C@@H](C)C(=O)N[C@@H](CCCCN)C(=O)N[C@@H](CCC(=O)O)C(=O)NCC(=O)N[C@H](C(=O)O)C(C)C. The molecule has 0 aliphatic rings. The van der Waals surface area contributed by atoms with Crippen LogP contribution in [0.5, 0.6) is 0 Å². The van der Waals surface area contributed by atoms with E-state index in [1.165, 1.54) is 18.7 Å². The van der Waals surface area contributed by atoms with Crippen LogP contribution in [-0.2, 0) is 47.9 Å². The summed E-state index contributed by atoms with van der Waals surface area (Å²) in [5.41, 5.74) is 11.0. The summed E-state index contributed by atoms with van der Waals surface area (Å²) in [5, 5.41) is 47.8. The molecule has 7 atom stereocenters. The van der Waals surface area contributed by atoms with Gasteiger partial charge in [0.1, 0.15) is 42.3 Å². The molecule has 0 heterocycles. The van der Waals surface area contributed by atoms with Crippen LogP contribution in [0, 0.1) is 11.8 Å². The van der Waals surface area contributed by atoms with Crippen molar-refractivity contribution in [2.45, 2.75) is 122 Å². The van der Waals surface area contributed by atoms with Gasteiger partial charge in [0.25, 0.3) is 0 Å². The van der Waals surface area contributed by atoms with Crippen molar-refractivity contribution in [2.24, 2.45) is 23.3 Å². The van der Waals surface area contributed by atoms with Gasteiger partial charge < -0.3 is 69.3 Å². The summed E-state index contributed by atoms with van der Waals surface area (Å²) in [6.45, 7) is 6.36. The van der Waals surface area contributed by atoms with Crippen molar-refractivity contribution >= 4 is 71.0 Å². The maximum Gasteiger partial charge on any atom is 0.326 e. The number of carboxylic acids is 2. The molecule has 0 aliphatic heterocycles. The molecule has 24 heteroatoms. The van der Waals surface area contributed by atoms with Gasteiger partial charge in [0.05, 0.1) is 19.7 Å². The maximum atomic E-state index is 13.5. The van der Waals surface area contributed by atoms with Gasteiger partial charge >= 0.3 is 11.9 Å². The van der Waals surface area contributed by atoms with Crippen LogP contribution in [0.25, 0.3) is 0 Å². The van der Waals surface area contributed by atoms with Gasteiger partial charge in [-0.25, -0.2) is 4.79 Å². The van der Waals surface area contributed by atoms with E-state index < -0.39 is 133 Å². The van der Waals surface area contributed by atoms with Crippen LogP contribution in [-0.4, -0.2) is 155 Å². The molecule has 0 aromatic rings. The van der Waals surface area contributed by atoms with E-state index in [0.29, 0.717) is 18.6 Å². The van der Waals surface area contributed by atoms with Gasteiger partial charge in [-0.15, -0.1) is 0 Å². The zero-order valence-corrected chi connectivity index (χ0v) is 36.5. The van der Waals surface area contributed by atoms with Crippen LogP contribution in [0.2, 0.25) is 0 Å². The lowest BCUT2D eigenvalue weighted by molar-refractivity contribution is -0.143. The highest BCUT2D eigenvalue weighted by molar-refractivity contribution is 7.98. The van der Waals surface area contributed by atoms with Crippen molar-refractivity contribution < 1.29 is 63.3 Å². The molecule has 15 N–H and O–H groups in total. The Morgan fingerprint density at radius 3 is 1.62 bits per heavy atom. The van der Waals surface area contributed by atoms with Crippen LogP contribution in [0.1, 0.15) is 79.6 Å². The fourth-order valence-corrected chi connectivity index (χ4v) is 5.95. The summed E-state index contributed by atoms with van der Waals surface area (Å²) < 4.78 is 0. The predicted molar refractivity (Wildman–Crippen MR) is 223 cm³/mol. The summed E-state index contributed by atoms with van der Waals surface area (Å²) in [5.74, 6) is -9.43. The van der Waals surface area contributed by atoms with Crippen LogP contribution in [0.3, 0.4) is 0 Å². The highest BCUT2D eigenvalue weighted by Gasteiger charge is 2.33. The third-order valence-corrected chi connectivity index (χ3v) is 9.53. The molecule has 23 nitrogen and oxygen atoms in total. The van der Waals surface area contributed by atoms with E-state index in [0.717, 1.165) is 0 Å². The highest BCUT2D eigenvalue weighted by atomic mass is 32.2. The van der Waals surface area contributed by atoms with Gasteiger partial charge in [-0.3, -0.25) is 43.2 Å². The van der Waals surface area contributed by atoms with Crippen molar-refractivity contribution in [2.75, 3.05) is 38.2 Å². The van der Waals surface area contributed by atoms with Gasteiger partial charge in [0.15, 0.2) is 0 Å². The van der Waals surface area contributed by atoms with Gasteiger partial charge in [-0.05, 0) is 75.8 Å². The van der Waals surface area contributed by atoms with Crippen LogP contribution < -0.4 is 54.0 Å². The fraction of sp³-hybridized carbons (Fsp3) is 0.730. The summed E-state index contributed by atoms with van der Waals surface area (Å²) in [6.07, 6.45) is 1.79. The van der Waals surface area contributed by atoms with E-state index in [1.807, 2.05) is 13.8 Å². The Hall–Kier alpha value is -5.07. The number of hydrogen-bond acceptors (Lipinski definition) is 14. The van der Waals surface area contributed by atoms with Gasteiger partial charge in [-0.2, -0.15) is 11.8 Å². The number of nitrogens with one attached hydrogen (secondary N) is 8. The Morgan fingerprint density at radius 1 is 0.590 bits per heavy atom. The number of thioether (sulfide) groups is 1. The Labute approximate surface area is 359 Å². The minimum Gasteiger partial charge on any atom is -0.481 e. The first-order valence-electron chi connectivity index (χ1n) is 19.9. The fourth-order valence-electron chi connectivity index (χ4n) is 5.47. The topological polar surface area (TPSA) is 380 Å². The Balaban J connectivity index is 5.98. The normalized spacial score (nSPS) is 14.5. The molecule has 0 saturated carbocycles. The van der Waals surface area contributed by atoms with E-state index >= 15 is 0 Å². The lowest BCUT2D eigenvalue weighted by Crippen LogP contribution is -2.60. The zero-order chi connectivity index (χ0) is 46.8.